The minimum absolute atomic E-state index is 0.00924. The van der Waals surface area contributed by atoms with Crippen LogP contribution < -0.4 is 0 Å². The Morgan fingerprint density at radius 3 is 2.20 bits per heavy atom. The number of hydrogen-bond donors (Lipinski definition) is 0. The zero-order valence-electron chi connectivity index (χ0n) is 16.4. The summed E-state index contributed by atoms with van der Waals surface area (Å²) in [5.74, 6) is -0.380. The molecular formula is C20H34O5. The van der Waals surface area contributed by atoms with Crippen LogP contribution in [0.4, 0.5) is 0 Å². The Morgan fingerprint density at radius 2 is 1.68 bits per heavy atom. The third-order valence-corrected chi connectivity index (χ3v) is 5.79. The molecule has 0 amide bonds. The van der Waals surface area contributed by atoms with E-state index in [1.807, 2.05) is 34.6 Å². The standard InChI is InChI=1S/C20H34O5/c1-6-19(2,3)18(22)24-15-11-9-14(10-12-15)17(21)25-20(4,5)16-8-7-13-23-16/h14-16H,6-13H2,1-5H3. The molecule has 2 rings (SSSR count). The lowest BCUT2D eigenvalue weighted by atomic mass is 9.86. The van der Waals surface area contributed by atoms with E-state index in [0.29, 0.717) is 12.8 Å². The lowest BCUT2D eigenvalue weighted by Crippen LogP contribution is -2.42. The van der Waals surface area contributed by atoms with Crippen LogP contribution in [0.5, 0.6) is 0 Å². The zero-order valence-corrected chi connectivity index (χ0v) is 16.4. The monoisotopic (exact) mass is 354 g/mol. The van der Waals surface area contributed by atoms with Crippen molar-refractivity contribution >= 4 is 11.9 Å². The topological polar surface area (TPSA) is 61.8 Å². The molecule has 0 aromatic carbocycles. The zero-order chi connectivity index (χ0) is 18.7. The van der Waals surface area contributed by atoms with Crippen LogP contribution in [0.25, 0.3) is 0 Å². The maximum absolute atomic E-state index is 12.5. The minimum Gasteiger partial charge on any atom is -0.462 e. The Kier molecular flexibility index (Phi) is 6.52. The molecule has 1 heterocycles. The van der Waals surface area contributed by atoms with Crippen molar-refractivity contribution in [3.63, 3.8) is 0 Å². The number of carbonyl (C=O) groups is 2. The molecule has 1 saturated carbocycles. The van der Waals surface area contributed by atoms with Crippen LogP contribution in [0.2, 0.25) is 0 Å². The normalized spacial score (nSPS) is 27.8. The van der Waals surface area contributed by atoms with Crippen LogP contribution in [0.3, 0.4) is 0 Å². The Morgan fingerprint density at radius 1 is 1.04 bits per heavy atom. The summed E-state index contributed by atoms with van der Waals surface area (Å²) in [5.41, 5.74) is -1.02. The summed E-state index contributed by atoms with van der Waals surface area (Å²) in [5, 5.41) is 0. The van der Waals surface area contributed by atoms with Gasteiger partial charge < -0.3 is 14.2 Å². The summed E-state index contributed by atoms with van der Waals surface area (Å²) in [6, 6.07) is 0. The van der Waals surface area contributed by atoms with Gasteiger partial charge in [0.1, 0.15) is 11.7 Å². The molecule has 25 heavy (non-hydrogen) atoms. The van der Waals surface area contributed by atoms with E-state index in [1.54, 1.807) is 0 Å². The fourth-order valence-corrected chi connectivity index (χ4v) is 3.41. The summed E-state index contributed by atoms with van der Waals surface area (Å²) in [7, 11) is 0. The van der Waals surface area contributed by atoms with Gasteiger partial charge in [0.05, 0.1) is 17.4 Å². The Bertz CT molecular complexity index is 468. The van der Waals surface area contributed by atoms with Gasteiger partial charge in [0, 0.05) is 6.61 Å². The molecule has 5 heteroatoms. The highest BCUT2D eigenvalue weighted by Crippen LogP contribution is 2.33. The quantitative estimate of drug-likeness (QED) is 0.674. The smallest absolute Gasteiger partial charge is 0.311 e. The first-order valence-electron chi connectivity index (χ1n) is 9.71. The average molecular weight is 354 g/mol. The Labute approximate surface area is 151 Å². The maximum atomic E-state index is 12.5. The second-order valence-electron chi connectivity index (χ2n) is 8.64. The number of esters is 2. The largest absolute Gasteiger partial charge is 0.462 e. The maximum Gasteiger partial charge on any atom is 0.311 e. The van der Waals surface area contributed by atoms with Gasteiger partial charge in [0.25, 0.3) is 0 Å². The van der Waals surface area contributed by atoms with E-state index in [4.69, 9.17) is 14.2 Å². The van der Waals surface area contributed by atoms with Crippen molar-refractivity contribution < 1.29 is 23.8 Å². The fourth-order valence-electron chi connectivity index (χ4n) is 3.41. The van der Waals surface area contributed by atoms with Gasteiger partial charge in [0.15, 0.2) is 0 Å². The van der Waals surface area contributed by atoms with Gasteiger partial charge in [-0.25, -0.2) is 0 Å². The van der Waals surface area contributed by atoms with Crippen molar-refractivity contribution in [1.82, 2.24) is 0 Å². The van der Waals surface area contributed by atoms with Gasteiger partial charge in [-0.3, -0.25) is 9.59 Å². The lowest BCUT2D eigenvalue weighted by Gasteiger charge is -2.34. The van der Waals surface area contributed by atoms with E-state index in [-0.39, 0.29) is 30.1 Å². The molecule has 0 aromatic heterocycles. The molecule has 1 unspecified atom stereocenters. The van der Waals surface area contributed by atoms with Gasteiger partial charge in [-0.1, -0.05) is 6.92 Å². The molecular weight excluding hydrogens is 320 g/mol. The predicted molar refractivity (Wildman–Crippen MR) is 95.1 cm³/mol. The van der Waals surface area contributed by atoms with Crippen LogP contribution in [0.1, 0.15) is 79.6 Å². The van der Waals surface area contributed by atoms with Crippen molar-refractivity contribution in [2.45, 2.75) is 97.4 Å². The molecule has 0 spiro atoms. The first kappa shape index (κ1) is 20.2. The molecule has 2 aliphatic rings. The molecule has 0 aromatic rings. The first-order valence-corrected chi connectivity index (χ1v) is 9.71. The predicted octanol–water partition coefficient (Wildman–Crippen LogP) is 4.03. The van der Waals surface area contributed by atoms with Crippen LogP contribution in [0.15, 0.2) is 0 Å². The van der Waals surface area contributed by atoms with Gasteiger partial charge in [0.2, 0.25) is 0 Å². The highest BCUT2D eigenvalue weighted by Gasteiger charge is 2.39. The van der Waals surface area contributed by atoms with Crippen LogP contribution in [-0.4, -0.2) is 36.4 Å². The number of carbonyl (C=O) groups excluding carboxylic acids is 2. The van der Waals surface area contributed by atoms with Crippen molar-refractivity contribution in [3.05, 3.63) is 0 Å². The highest BCUT2D eigenvalue weighted by molar-refractivity contribution is 5.76. The molecule has 144 valence electrons. The fraction of sp³-hybridized carbons (Fsp3) is 0.900. The number of rotatable bonds is 6. The summed E-state index contributed by atoms with van der Waals surface area (Å²) < 4.78 is 17.1. The molecule has 2 fully saturated rings. The summed E-state index contributed by atoms with van der Waals surface area (Å²) in [4.78, 5) is 24.7. The highest BCUT2D eigenvalue weighted by atomic mass is 16.6. The number of hydrogen-bond acceptors (Lipinski definition) is 5. The minimum atomic E-state index is -0.581. The third-order valence-electron chi connectivity index (χ3n) is 5.79. The molecule has 0 bridgehead atoms. The molecule has 1 saturated heterocycles. The van der Waals surface area contributed by atoms with Crippen LogP contribution >= 0.6 is 0 Å². The van der Waals surface area contributed by atoms with E-state index in [2.05, 4.69) is 0 Å². The van der Waals surface area contributed by atoms with Crippen molar-refractivity contribution in [2.75, 3.05) is 6.61 Å². The SMILES string of the molecule is CCC(C)(C)C(=O)OC1CCC(C(=O)OC(C)(C)C2CCCO2)CC1. The van der Waals surface area contributed by atoms with E-state index in [1.165, 1.54) is 0 Å². The third kappa shape index (κ3) is 5.19. The lowest BCUT2D eigenvalue weighted by molar-refractivity contribution is -0.176. The van der Waals surface area contributed by atoms with Crippen LogP contribution in [0, 0.1) is 11.3 Å². The average Bonchev–Trinajstić information content (AvgIpc) is 3.10. The molecule has 0 N–H and O–H groups in total. The molecule has 5 nitrogen and oxygen atoms in total. The number of ether oxygens (including phenoxy) is 3. The van der Waals surface area contributed by atoms with Gasteiger partial charge in [-0.2, -0.15) is 0 Å². The molecule has 1 aliphatic heterocycles. The van der Waals surface area contributed by atoms with E-state index < -0.39 is 11.0 Å². The van der Waals surface area contributed by atoms with Gasteiger partial charge in [-0.05, 0) is 72.6 Å². The second-order valence-corrected chi connectivity index (χ2v) is 8.64. The first-order chi connectivity index (χ1) is 11.7. The van der Waals surface area contributed by atoms with Crippen molar-refractivity contribution in [2.24, 2.45) is 11.3 Å². The van der Waals surface area contributed by atoms with Crippen molar-refractivity contribution in [3.8, 4) is 0 Å². The summed E-state index contributed by atoms with van der Waals surface area (Å²) in [6.07, 6.45) is 5.52. The van der Waals surface area contributed by atoms with E-state index in [9.17, 15) is 9.59 Å². The summed E-state index contributed by atoms with van der Waals surface area (Å²) >= 11 is 0. The van der Waals surface area contributed by atoms with E-state index >= 15 is 0 Å². The van der Waals surface area contributed by atoms with Gasteiger partial charge in [-0.15, -0.1) is 0 Å². The van der Waals surface area contributed by atoms with Gasteiger partial charge >= 0.3 is 11.9 Å². The molecule has 1 aliphatic carbocycles. The van der Waals surface area contributed by atoms with E-state index in [0.717, 1.165) is 38.7 Å². The molecule has 0 radical (unpaired) electrons. The second kappa shape index (κ2) is 8.07. The Balaban J connectivity index is 1.79. The molecule has 1 atom stereocenters. The summed E-state index contributed by atoms with van der Waals surface area (Å²) in [6.45, 7) is 10.4. The van der Waals surface area contributed by atoms with Crippen molar-refractivity contribution in [1.29, 1.82) is 0 Å². The Hall–Kier alpha value is -1.10. The van der Waals surface area contributed by atoms with Crippen LogP contribution in [-0.2, 0) is 23.8 Å².